The monoisotopic (exact) mass is 445 g/mol. The summed E-state index contributed by atoms with van der Waals surface area (Å²) in [7, 11) is 3.20. The van der Waals surface area contributed by atoms with Crippen molar-refractivity contribution in [1.29, 1.82) is 0 Å². The maximum Gasteiger partial charge on any atom is 0.196 e. The zero-order chi connectivity index (χ0) is 22.5. The molecule has 0 spiro atoms. The Bertz CT molecular complexity index is 1210. The van der Waals surface area contributed by atoms with E-state index in [1.807, 2.05) is 90.4 Å². The Morgan fingerprint density at radius 2 is 1.53 bits per heavy atom. The van der Waals surface area contributed by atoms with Gasteiger partial charge in [-0.05, 0) is 19.1 Å². The van der Waals surface area contributed by atoms with Gasteiger partial charge in [0.1, 0.15) is 0 Å². The molecule has 0 aliphatic rings. The van der Waals surface area contributed by atoms with Crippen molar-refractivity contribution in [3.05, 3.63) is 84.4 Å². The minimum Gasteiger partial charge on any atom is -0.493 e. The van der Waals surface area contributed by atoms with Gasteiger partial charge in [0.2, 0.25) is 0 Å². The van der Waals surface area contributed by atoms with Crippen LogP contribution in [0.2, 0.25) is 0 Å². The molecule has 1 atom stereocenters. The molecular weight excluding hydrogens is 422 g/mol. The summed E-state index contributed by atoms with van der Waals surface area (Å²) in [5, 5.41) is 9.16. The third kappa shape index (κ3) is 4.38. The van der Waals surface area contributed by atoms with Crippen LogP contribution in [0.5, 0.6) is 11.5 Å². The van der Waals surface area contributed by atoms with Crippen molar-refractivity contribution in [3.63, 3.8) is 0 Å². The molecule has 1 heterocycles. The Morgan fingerprint density at radius 1 is 0.875 bits per heavy atom. The van der Waals surface area contributed by atoms with Crippen molar-refractivity contribution < 1.29 is 14.3 Å². The molecule has 1 aromatic heterocycles. The molecule has 0 fully saturated rings. The number of carbonyl (C=O) groups excluding carboxylic acids is 1. The van der Waals surface area contributed by atoms with Crippen molar-refractivity contribution >= 4 is 17.5 Å². The van der Waals surface area contributed by atoms with Gasteiger partial charge in [0.05, 0.1) is 25.2 Å². The van der Waals surface area contributed by atoms with Gasteiger partial charge in [-0.25, -0.2) is 0 Å². The van der Waals surface area contributed by atoms with Crippen LogP contribution in [-0.2, 0) is 0 Å². The molecule has 3 aromatic carbocycles. The van der Waals surface area contributed by atoms with Crippen molar-refractivity contribution in [2.45, 2.75) is 17.3 Å². The van der Waals surface area contributed by atoms with E-state index in [2.05, 4.69) is 10.2 Å². The van der Waals surface area contributed by atoms with Gasteiger partial charge in [-0.2, -0.15) is 0 Å². The van der Waals surface area contributed by atoms with E-state index < -0.39 is 0 Å². The van der Waals surface area contributed by atoms with Gasteiger partial charge >= 0.3 is 0 Å². The van der Waals surface area contributed by atoms with Gasteiger partial charge in [0.25, 0.3) is 0 Å². The van der Waals surface area contributed by atoms with E-state index >= 15 is 0 Å². The third-order valence-electron chi connectivity index (χ3n) is 5.00. The minimum absolute atomic E-state index is 0.0405. The molecule has 0 amide bonds. The molecule has 0 aliphatic carbocycles. The first-order chi connectivity index (χ1) is 15.6. The number of nitrogens with zero attached hydrogens (tertiary/aromatic N) is 3. The SMILES string of the molecule is COc1ccc(-n2c(SC(C)C(=O)c3ccccc3)nnc2-c2ccccc2)cc1OC. The van der Waals surface area contributed by atoms with Gasteiger partial charge < -0.3 is 9.47 Å². The summed E-state index contributed by atoms with van der Waals surface area (Å²) in [5.41, 5.74) is 2.41. The number of aromatic nitrogens is 3. The first-order valence-electron chi connectivity index (χ1n) is 10.1. The second kappa shape index (κ2) is 9.70. The fourth-order valence-electron chi connectivity index (χ4n) is 3.37. The minimum atomic E-state index is -0.343. The summed E-state index contributed by atoms with van der Waals surface area (Å²) in [4.78, 5) is 12.9. The Labute approximate surface area is 191 Å². The molecule has 7 heteroatoms. The van der Waals surface area contributed by atoms with Gasteiger partial charge in [0, 0.05) is 17.2 Å². The highest BCUT2D eigenvalue weighted by atomic mass is 32.2. The van der Waals surface area contributed by atoms with E-state index in [0.29, 0.717) is 28.0 Å². The maximum absolute atomic E-state index is 12.9. The summed E-state index contributed by atoms with van der Waals surface area (Å²) < 4.78 is 12.8. The number of rotatable bonds is 8. The van der Waals surface area contributed by atoms with E-state index in [4.69, 9.17) is 9.47 Å². The van der Waals surface area contributed by atoms with Gasteiger partial charge in [0.15, 0.2) is 28.3 Å². The normalized spacial score (nSPS) is 11.7. The number of hydrogen-bond donors (Lipinski definition) is 0. The first kappa shape index (κ1) is 21.6. The highest BCUT2D eigenvalue weighted by Crippen LogP contribution is 2.35. The number of ketones is 1. The summed E-state index contributed by atoms with van der Waals surface area (Å²) in [6.45, 7) is 1.88. The van der Waals surface area contributed by atoms with Crippen LogP contribution < -0.4 is 9.47 Å². The quantitative estimate of drug-likeness (QED) is 0.270. The number of benzene rings is 3. The van der Waals surface area contributed by atoms with Crippen LogP contribution in [0, 0.1) is 0 Å². The standard InChI is InChI=1S/C25H23N3O3S/c1-17(23(29)18-10-6-4-7-11-18)32-25-27-26-24(19-12-8-5-9-13-19)28(25)20-14-15-21(30-2)22(16-20)31-3/h4-17H,1-3H3. The zero-order valence-electron chi connectivity index (χ0n) is 18.1. The summed E-state index contributed by atoms with van der Waals surface area (Å²) >= 11 is 1.37. The lowest BCUT2D eigenvalue weighted by Crippen LogP contribution is -2.14. The molecule has 162 valence electrons. The summed E-state index contributed by atoms with van der Waals surface area (Å²) in [6.07, 6.45) is 0. The average Bonchev–Trinajstić information content (AvgIpc) is 3.27. The molecule has 6 nitrogen and oxygen atoms in total. The van der Waals surface area contributed by atoms with Crippen LogP contribution in [0.3, 0.4) is 0 Å². The predicted molar refractivity (Wildman–Crippen MR) is 126 cm³/mol. The smallest absolute Gasteiger partial charge is 0.196 e. The molecule has 4 aromatic rings. The molecule has 0 aliphatic heterocycles. The summed E-state index contributed by atoms with van der Waals surface area (Å²) in [6, 6.07) is 24.8. The molecule has 4 rings (SSSR count). The van der Waals surface area contributed by atoms with Gasteiger partial charge in [-0.15, -0.1) is 10.2 Å². The number of hydrogen-bond acceptors (Lipinski definition) is 6. The van der Waals surface area contributed by atoms with Crippen molar-refractivity contribution in [2.75, 3.05) is 14.2 Å². The van der Waals surface area contributed by atoms with E-state index in [-0.39, 0.29) is 11.0 Å². The van der Waals surface area contributed by atoms with Crippen LogP contribution in [-0.4, -0.2) is 40.0 Å². The Hall–Kier alpha value is -3.58. The van der Waals surface area contributed by atoms with Crippen molar-refractivity contribution in [2.24, 2.45) is 0 Å². The fourth-order valence-corrected chi connectivity index (χ4v) is 4.31. The Morgan fingerprint density at radius 3 is 2.19 bits per heavy atom. The van der Waals surface area contributed by atoms with Crippen molar-refractivity contribution in [1.82, 2.24) is 14.8 Å². The number of carbonyl (C=O) groups is 1. The van der Waals surface area contributed by atoms with Gasteiger partial charge in [-0.3, -0.25) is 9.36 Å². The second-order valence-electron chi connectivity index (χ2n) is 7.04. The van der Waals surface area contributed by atoms with Crippen LogP contribution >= 0.6 is 11.8 Å². The van der Waals surface area contributed by atoms with Gasteiger partial charge in [-0.1, -0.05) is 72.4 Å². The molecule has 0 saturated heterocycles. The lowest BCUT2D eigenvalue weighted by Gasteiger charge is -2.15. The van der Waals surface area contributed by atoms with Crippen LogP contribution in [0.25, 0.3) is 17.1 Å². The van der Waals surface area contributed by atoms with E-state index in [1.54, 1.807) is 14.2 Å². The van der Waals surface area contributed by atoms with Crippen LogP contribution in [0.1, 0.15) is 17.3 Å². The largest absolute Gasteiger partial charge is 0.493 e. The number of methoxy groups -OCH3 is 2. The molecule has 0 radical (unpaired) electrons. The molecule has 1 unspecified atom stereocenters. The third-order valence-corrected chi connectivity index (χ3v) is 6.04. The number of ether oxygens (including phenoxy) is 2. The van der Waals surface area contributed by atoms with Crippen molar-refractivity contribution in [3.8, 4) is 28.6 Å². The highest BCUT2D eigenvalue weighted by Gasteiger charge is 2.23. The lowest BCUT2D eigenvalue weighted by molar-refractivity contribution is 0.0994. The van der Waals surface area contributed by atoms with Crippen LogP contribution in [0.15, 0.2) is 84.0 Å². The van der Waals surface area contributed by atoms with Crippen LogP contribution in [0.4, 0.5) is 0 Å². The molecule has 0 saturated carbocycles. The molecule has 0 bridgehead atoms. The fraction of sp³-hybridized carbons (Fsp3) is 0.160. The number of thioether (sulfide) groups is 1. The zero-order valence-corrected chi connectivity index (χ0v) is 18.9. The summed E-state index contributed by atoms with van der Waals surface area (Å²) in [5.74, 6) is 1.95. The highest BCUT2D eigenvalue weighted by molar-refractivity contribution is 8.00. The van der Waals surface area contributed by atoms with E-state index in [0.717, 1.165) is 11.3 Å². The first-order valence-corrected chi connectivity index (χ1v) is 11.0. The number of Topliss-reactive ketones (excluding diaryl/α,β-unsaturated/α-hetero) is 1. The Balaban J connectivity index is 1.77. The Kier molecular flexibility index (Phi) is 6.56. The van der Waals surface area contributed by atoms with E-state index in [9.17, 15) is 4.79 Å². The topological polar surface area (TPSA) is 66.2 Å². The second-order valence-corrected chi connectivity index (χ2v) is 8.35. The average molecular weight is 446 g/mol. The van der Waals surface area contributed by atoms with E-state index in [1.165, 1.54) is 11.8 Å². The molecular formula is C25H23N3O3S. The molecule has 0 N–H and O–H groups in total. The maximum atomic E-state index is 12.9. The molecule has 32 heavy (non-hydrogen) atoms. The predicted octanol–water partition coefficient (Wildman–Crippen LogP) is 5.32. The lowest BCUT2D eigenvalue weighted by atomic mass is 10.1.